The van der Waals surface area contributed by atoms with Crippen LogP contribution in [0.25, 0.3) is 0 Å². The van der Waals surface area contributed by atoms with Crippen molar-refractivity contribution in [1.82, 2.24) is 0 Å². The van der Waals surface area contributed by atoms with Crippen LogP contribution in [-0.2, 0) is 37.5 Å². The van der Waals surface area contributed by atoms with Crippen LogP contribution in [0.1, 0.15) is 78.1 Å². The number of phosphoric ester groups is 1. The lowest BCUT2D eigenvalue weighted by molar-refractivity contribution is -0.161. The predicted octanol–water partition coefficient (Wildman–Crippen LogP) is 9.60. The van der Waals surface area contributed by atoms with Crippen LogP contribution in [0.3, 0.4) is 0 Å². The van der Waals surface area contributed by atoms with Gasteiger partial charge in [0.2, 0.25) is 0 Å². The molecule has 0 aromatic carbocycles. The van der Waals surface area contributed by atoms with Gasteiger partial charge in [0.05, 0.1) is 13.2 Å². The smallest absolute Gasteiger partial charge is 0.472 e. The number of carboxylic acids is 1. The molecule has 0 rings (SSSR count). The minimum absolute atomic E-state index is 0.0430. The molecule has 11 nitrogen and oxygen atoms in total. The van der Waals surface area contributed by atoms with Gasteiger partial charge in [-0.25, -0.2) is 4.57 Å². The van der Waals surface area contributed by atoms with E-state index >= 15 is 0 Å². The number of esters is 2. The first-order valence-electron chi connectivity index (χ1n) is 19.0. The maximum absolute atomic E-state index is 12.5. The van der Waals surface area contributed by atoms with Gasteiger partial charge in [-0.15, -0.1) is 0 Å². The summed E-state index contributed by atoms with van der Waals surface area (Å²) in [5, 5.41) is 8.86. The molecule has 3 atom stereocenters. The average Bonchev–Trinajstić information content (AvgIpc) is 3.17. The molecule has 0 bridgehead atoms. The van der Waals surface area contributed by atoms with E-state index in [0.717, 1.165) is 32.1 Å². The van der Waals surface area contributed by atoms with Gasteiger partial charge in [0.15, 0.2) is 6.10 Å². The van der Waals surface area contributed by atoms with Crippen LogP contribution >= 0.6 is 7.82 Å². The number of rotatable bonds is 32. The van der Waals surface area contributed by atoms with Crippen LogP contribution in [0.2, 0.25) is 0 Å². The maximum atomic E-state index is 12.5. The van der Waals surface area contributed by atoms with E-state index in [1.54, 1.807) is 0 Å². The molecule has 12 heteroatoms. The number of unbranched alkanes of at least 4 members (excludes halogenated alkanes) is 4. The van der Waals surface area contributed by atoms with Gasteiger partial charge in [0.25, 0.3) is 0 Å². The van der Waals surface area contributed by atoms with Crippen LogP contribution in [0.4, 0.5) is 0 Å². The molecule has 0 radical (unpaired) electrons. The standard InChI is InChI=1S/C44H62NO10P/c1-3-5-7-9-11-13-15-17-18-19-20-21-22-24-25-27-29-31-33-35-42(46)52-37-40(38-53-56(50,51)54-39-41(45)44(48)49)55-43(47)36-34-32-30-28-26-23-16-14-12-10-8-6-4-2/h5-26,28,30,40-41H,3-4,27,29,31-39,45H2,1-2H3,(H,48,49)(H,50,51)/b7-5+,8-6+,11-9+,12-10+,15-13+,16-14+,18-17+,20-19+,22-21+,25-24+,26-23+,30-28+/t40?,41-/m1/s1. The highest BCUT2D eigenvalue weighted by atomic mass is 31.2. The third kappa shape index (κ3) is 36.3. The number of carbonyl (C=O) groups is 3. The second-order valence-electron chi connectivity index (χ2n) is 11.9. The normalized spacial score (nSPS) is 15.4. The first-order chi connectivity index (χ1) is 27.1. The summed E-state index contributed by atoms with van der Waals surface area (Å²) in [4.78, 5) is 45.8. The lowest BCUT2D eigenvalue weighted by atomic mass is 10.1. The van der Waals surface area contributed by atoms with Crippen molar-refractivity contribution >= 4 is 25.7 Å². The van der Waals surface area contributed by atoms with E-state index in [4.69, 9.17) is 24.8 Å². The van der Waals surface area contributed by atoms with Gasteiger partial charge in [0.1, 0.15) is 12.6 Å². The van der Waals surface area contributed by atoms with Crippen molar-refractivity contribution in [3.8, 4) is 0 Å². The van der Waals surface area contributed by atoms with E-state index in [-0.39, 0.29) is 12.8 Å². The molecule has 0 aliphatic carbocycles. The quantitative estimate of drug-likeness (QED) is 0.0256. The van der Waals surface area contributed by atoms with E-state index in [9.17, 15) is 23.8 Å². The van der Waals surface area contributed by atoms with Crippen LogP contribution in [0.15, 0.2) is 146 Å². The summed E-state index contributed by atoms with van der Waals surface area (Å²) < 4.78 is 32.4. The van der Waals surface area contributed by atoms with Crippen LogP contribution < -0.4 is 5.73 Å². The topological polar surface area (TPSA) is 172 Å². The molecule has 0 heterocycles. The molecule has 0 spiro atoms. The predicted molar refractivity (Wildman–Crippen MR) is 225 cm³/mol. The fraction of sp³-hybridized carbons (Fsp3) is 0.386. The molecular formula is C44H62NO10P. The fourth-order valence-electron chi connectivity index (χ4n) is 3.96. The Morgan fingerprint density at radius 3 is 1.43 bits per heavy atom. The van der Waals surface area contributed by atoms with Gasteiger partial charge in [-0.05, 0) is 44.9 Å². The SMILES string of the molecule is CC/C=C/C=C/C=C/C=C/C=C/C=C/C=C/CCCCCC(=O)OCC(COP(=O)(O)OC[C@@H](N)C(=O)O)OC(=O)CCC/C=C/C=C/C=C/C=C/C=C/CC. The number of ether oxygens (including phenoxy) is 2. The Morgan fingerprint density at radius 2 is 0.964 bits per heavy atom. The molecule has 0 saturated carbocycles. The van der Waals surface area contributed by atoms with Gasteiger partial charge in [0, 0.05) is 12.8 Å². The monoisotopic (exact) mass is 795 g/mol. The Morgan fingerprint density at radius 1 is 0.554 bits per heavy atom. The van der Waals surface area contributed by atoms with E-state index in [1.807, 2.05) is 128 Å². The Kier molecular flexibility index (Phi) is 34.2. The minimum Gasteiger partial charge on any atom is -0.480 e. The lowest BCUT2D eigenvalue weighted by Crippen LogP contribution is -2.34. The molecule has 0 aliphatic heterocycles. The van der Waals surface area contributed by atoms with Crippen LogP contribution in [-0.4, -0.2) is 59.9 Å². The molecule has 2 unspecified atom stereocenters. The lowest BCUT2D eigenvalue weighted by Gasteiger charge is -2.20. The maximum Gasteiger partial charge on any atom is 0.472 e. The first-order valence-corrected chi connectivity index (χ1v) is 20.5. The van der Waals surface area contributed by atoms with Gasteiger partial charge < -0.3 is 25.2 Å². The molecule has 0 aliphatic rings. The highest BCUT2D eigenvalue weighted by Gasteiger charge is 2.28. The molecule has 308 valence electrons. The molecule has 56 heavy (non-hydrogen) atoms. The third-order valence-electron chi connectivity index (χ3n) is 6.91. The zero-order chi connectivity index (χ0) is 41.4. The Bertz CT molecular complexity index is 1490. The van der Waals surface area contributed by atoms with Crippen LogP contribution in [0, 0.1) is 0 Å². The van der Waals surface area contributed by atoms with Crippen LogP contribution in [0.5, 0.6) is 0 Å². The largest absolute Gasteiger partial charge is 0.480 e. The summed E-state index contributed by atoms with van der Waals surface area (Å²) in [7, 11) is -4.76. The van der Waals surface area contributed by atoms with Gasteiger partial charge in [-0.1, -0.05) is 166 Å². The van der Waals surface area contributed by atoms with E-state index in [0.29, 0.717) is 19.3 Å². The number of hydrogen-bond acceptors (Lipinski definition) is 9. The van der Waals surface area contributed by atoms with Crippen molar-refractivity contribution in [2.45, 2.75) is 90.2 Å². The molecule has 0 fully saturated rings. The first kappa shape index (κ1) is 51.4. The Labute approximate surface area is 334 Å². The molecule has 0 aromatic heterocycles. The fourth-order valence-corrected chi connectivity index (χ4v) is 4.74. The second kappa shape index (κ2) is 37.3. The molecule has 4 N–H and O–H groups in total. The molecular weight excluding hydrogens is 733 g/mol. The molecule has 0 amide bonds. The van der Waals surface area contributed by atoms with E-state index in [2.05, 4.69) is 36.6 Å². The van der Waals surface area contributed by atoms with E-state index in [1.165, 1.54) is 0 Å². The van der Waals surface area contributed by atoms with Gasteiger partial charge >= 0.3 is 25.7 Å². The number of carboxylic acid groups (broad SMARTS) is 1. The minimum atomic E-state index is -4.76. The zero-order valence-electron chi connectivity index (χ0n) is 32.9. The van der Waals surface area contributed by atoms with Gasteiger partial charge in [-0.3, -0.25) is 23.4 Å². The van der Waals surface area contributed by atoms with Crippen molar-refractivity contribution in [3.63, 3.8) is 0 Å². The number of hydrogen-bond donors (Lipinski definition) is 3. The Hall–Kier alpha value is -4.64. The average molecular weight is 796 g/mol. The third-order valence-corrected chi connectivity index (χ3v) is 7.86. The van der Waals surface area contributed by atoms with Crippen molar-refractivity contribution < 1.29 is 47.5 Å². The summed E-state index contributed by atoms with van der Waals surface area (Å²) in [6.07, 6.45) is 52.2. The van der Waals surface area contributed by atoms with E-state index < -0.39 is 57.7 Å². The highest BCUT2D eigenvalue weighted by molar-refractivity contribution is 7.47. The van der Waals surface area contributed by atoms with Crippen molar-refractivity contribution in [2.75, 3.05) is 19.8 Å². The summed E-state index contributed by atoms with van der Waals surface area (Å²) in [5.74, 6) is -2.57. The second-order valence-corrected chi connectivity index (χ2v) is 13.4. The van der Waals surface area contributed by atoms with Crippen molar-refractivity contribution in [2.24, 2.45) is 5.73 Å². The zero-order valence-corrected chi connectivity index (χ0v) is 33.8. The van der Waals surface area contributed by atoms with Gasteiger partial charge in [-0.2, -0.15) is 0 Å². The summed E-state index contributed by atoms with van der Waals surface area (Å²) in [6.45, 7) is 2.33. The number of allylic oxidation sites excluding steroid dienone is 24. The Balaban J connectivity index is 4.68. The number of aliphatic carboxylic acids is 1. The van der Waals surface area contributed by atoms with Crippen molar-refractivity contribution in [3.05, 3.63) is 146 Å². The molecule has 0 aromatic rings. The number of phosphoric acid groups is 1. The summed E-state index contributed by atoms with van der Waals surface area (Å²) in [5.41, 5.74) is 5.31. The van der Waals surface area contributed by atoms with Crippen molar-refractivity contribution in [1.29, 1.82) is 0 Å². The number of carbonyl (C=O) groups excluding carboxylic acids is 2. The summed E-state index contributed by atoms with van der Waals surface area (Å²) >= 11 is 0. The highest BCUT2D eigenvalue weighted by Crippen LogP contribution is 2.43. The summed E-state index contributed by atoms with van der Waals surface area (Å²) in [6, 6.07) is -1.55. The number of nitrogens with two attached hydrogens (primary N) is 1. The molecule has 0 saturated heterocycles.